The second-order valence-corrected chi connectivity index (χ2v) is 13.2. The molecule has 0 radical (unpaired) electrons. The van der Waals surface area contributed by atoms with Crippen LogP contribution in [0.25, 0.3) is 20.8 Å². The zero-order chi connectivity index (χ0) is 34.7. The van der Waals surface area contributed by atoms with Crippen LogP contribution in [0.5, 0.6) is 0 Å². The number of hydrogen-bond donors (Lipinski definition) is 0. The van der Waals surface area contributed by atoms with Crippen LogP contribution in [0.15, 0.2) is 48.7 Å². The second-order valence-electron chi connectivity index (χ2n) is 12.1. The Kier molecular flexibility index (Phi) is 12.7. The first-order valence-electron chi connectivity index (χ1n) is 17.1. The van der Waals surface area contributed by atoms with E-state index < -0.39 is 6.17 Å². The first kappa shape index (κ1) is 35.8. The molecule has 15 heteroatoms. The normalized spacial score (nSPS) is 18.0. The largest absolute Gasteiger partial charge is 0.379 e. The van der Waals surface area contributed by atoms with Crippen molar-refractivity contribution in [1.82, 2.24) is 19.8 Å². The van der Waals surface area contributed by atoms with E-state index in [1.54, 1.807) is 11.3 Å². The molecule has 0 saturated carbocycles. The fraction of sp³-hybridized carbons (Fsp3) is 0.514. The zero-order valence-electron chi connectivity index (χ0n) is 28.0. The number of hydrogen-bond acceptors (Lipinski definition) is 12. The van der Waals surface area contributed by atoms with E-state index >= 15 is 0 Å². The fourth-order valence-corrected chi connectivity index (χ4v) is 6.95. The Hall–Kier alpha value is -4.02. The van der Waals surface area contributed by atoms with Gasteiger partial charge in [0, 0.05) is 62.3 Å². The molecule has 5 heterocycles. The lowest BCUT2D eigenvalue weighted by molar-refractivity contribution is -0.137. The summed E-state index contributed by atoms with van der Waals surface area (Å²) >= 11 is 1.63. The van der Waals surface area contributed by atoms with E-state index in [0.29, 0.717) is 85.3 Å². The number of benzene rings is 1. The van der Waals surface area contributed by atoms with E-state index in [-0.39, 0.29) is 30.9 Å². The molecule has 0 bridgehead atoms. The summed E-state index contributed by atoms with van der Waals surface area (Å²) in [7, 11) is 0. The highest BCUT2D eigenvalue weighted by Crippen LogP contribution is 2.33. The minimum Gasteiger partial charge on any atom is -0.379 e. The minimum atomic E-state index is -0.783. The highest BCUT2D eigenvalue weighted by Gasteiger charge is 2.24. The summed E-state index contributed by atoms with van der Waals surface area (Å²) in [5.41, 5.74) is 3.01. The molecule has 2 saturated heterocycles. The van der Waals surface area contributed by atoms with Gasteiger partial charge in [-0.05, 0) is 36.8 Å². The van der Waals surface area contributed by atoms with Gasteiger partial charge in [0.1, 0.15) is 17.0 Å². The third-order valence-electron chi connectivity index (χ3n) is 8.76. The lowest BCUT2D eigenvalue weighted by atomic mass is 10.2. The van der Waals surface area contributed by atoms with Gasteiger partial charge in [0.2, 0.25) is 5.91 Å². The molecule has 2 aromatic heterocycles. The van der Waals surface area contributed by atoms with Crippen LogP contribution in [0.2, 0.25) is 0 Å². The van der Waals surface area contributed by atoms with Gasteiger partial charge >= 0.3 is 0 Å². The molecule has 3 amide bonds. The standard InChI is InChI=1S/C35H43FN6O7S/c36-27-7-9-41(25-27)31-4-1-26(24-37-31)35-38-29-3-2-28(23-30(29)50-35)39-10-12-40(13-11-39)32(43)8-15-46-17-19-48-21-22-49-20-18-47-16-14-42-33(44)5-6-34(42)45/h1-6,23-24,27H,7-22,25H2/t27-/m1/s1. The summed E-state index contributed by atoms with van der Waals surface area (Å²) < 4.78 is 36.6. The van der Waals surface area contributed by atoms with Crippen LogP contribution in [0.1, 0.15) is 12.8 Å². The third kappa shape index (κ3) is 9.60. The van der Waals surface area contributed by atoms with Crippen LogP contribution < -0.4 is 9.80 Å². The molecule has 3 aromatic rings. The lowest BCUT2D eigenvalue weighted by Gasteiger charge is -2.36. The number of aromatic nitrogens is 2. The average molecular weight is 711 g/mol. The van der Waals surface area contributed by atoms with Crippen LogP contribution in [0.3, 0.4) is 0 Å². The molecule has 50 heavy (non-hydrogen) atoms. The molecule has 2 fully saturated rings. The first-order valence-corrected chi connectivity index (χ1v) is 17.9. The van der Waals surface area contributed by atoms with Crippen molar-refractivity contribution in [3.05, 3.63) is 48.7 Å². The highest BCUT2D eigenvalue weighted by molar-refractivity contribution is 7.21. The molecule has 3 aliphatic rings. The Bertz CT molecular complexity index is 1610. The molecule has 0 N–H and O–H groups in total. The molecule has 6 rings (SSSR count). The quantitative estimate of drug-likeness (QED) is 0.143. The van der Waals surface area contributed by atoms with Gasteiger partial charge < -0.3 is 33.6 Å². The van der Waals surface area contributed by atoms with Crippen molar-refractivity contribution in [2.24, 2.45) is 0 Å². The van der Waals surface area contributed by atoms with Crippen LogP contribution >= 0.6 is 11.3 Å². The van der Waals surface area contributed by atoms with E-state index in [2.05, 4.69) is 22.0 Å². The predicted octanol–water partition coefficient (Wildman–Crippen LogP) is 2.94. The maximum atomic E-state index is 13.6. The highest BCUT2D eigenvalue weighted by atomic mass is 32.1. The number of carbonyl (C=O) groups is 3. The number of ether oxygens (including phenoxy) is 4. The molecular weight excluding hydrogens is 667 g/mol. The number of amides is 3. The number of carbonyl (C=O) groups excluding carboxylic acids is 3. The molecular formula is C35H43FN6O7S. The van der Waals surface area contributed by atoms with Gasteiger partial charge in [-0.15, -0.1) is 11.3 Å². The number of rotatable bonds is 18. The van der Waals surface area contributed by atoms with E-state index in [0.717, 1.165) is 50.3 Å². The number of fused-ring (bicyclic) bond motifs is 1. The van der Waals surface area contributed by atoms with Crippen LogP contribution in [-0.4, -0.2) is 142 Å². The molecule has 3 aliphatic heterocycles. The monoisotopic (exact) mass is 710 g/mol. The average Bonchev–Trinajstić information content (AvgIpc) is 3.86. The minimum absolute atomic E-state index is 0.0907. The Morgan fingerprint density at radius 3 is 2.14 bits per heavy atom. The first-order chi connectivity index (χ1) is 24.4. The van der Waals surface area contributed by atoms with Gasteiger partial charge in [-0.1, -0.05) is 0 Å². The van der Waals surface area contributed by atoms with E-state index in [9.17, 15) is 18.8 Å². The summed E-state index contributed by atoms with van der Waals surface area (Å²) in [5.74, 6) is 0.264. The van der Waals surface area contributed by atoms with Crippen molar-refractivity contribution in [2.45, 2.75) is 19.0 Å². The molecule has 1 atom stereocenters. The van der Waals surface area contributed by atoms with Gasteiger partial charge in [-0.3, -0.25) is 19.3 Å². The number of alkyl halides is 1. The number of piperazine rings is 1. The van der Waals surface area contributed by atoms with Crippen molar-refractivity contribution in [3.8, 4) is 10.6 Å². The van der Waals surface area contributed by atoms with Gasteiger partial charge in [0.25, 0.3) is 11.8 Å². The number of thiazole rings is 1. The second kappa shape index (κ2) is 17.8. The Morgan fingerprint density at radius 2 is 1.50 bits per heavy atom. The van der Waals surface area contributed by atoms with Crippen LogP contribution in [-0.2, 0) is 33.3 Å². The predicted molar refractivity (Wildman–Crippen MR) is 187 cm³/mol. The summed E-state index contributed by atoms with van der Waals surface area (Å²) in [6, 6.07) is 10.3. The number of imide groups is 1. The summed E-state index contributed by atoms with van der Waals surface area (Å²) in [6.07, 6.45) is 4.43. The van der Waals surface area contributed by atoms with Gasteiger partial charge in [-0.25, -0.2) is 14.4 Å². The van der Waals surface area contributed by atoms with Crippen molar-refractivity contribution >= 4 is 50.8 Å². The molecule has 13 nitrogen and oxygen atoms in total. The van der Waals surface area contributed by atoms with Crippen molar-refractivity contribution in [1.29, 1.82) is 0 Å². The van der Waals surface area contributed by atoms with Crippen molar-refractivity contribution in [2.75, 3.05) is 108 Å². The third-order valence-corrected chi connectivity index (χ3v) is 9.82. The molecule has 268 valence electrons. The summed E-state index contributed by atoms with van der Waals surface area (Å²) in [5, 5.41) is 0.904. The topological polar surface area (TPSA) is 127 Å². The fourth-order valence-electron chi connectivity index (χ4n) is 5.96. The maximum absolute atomic E-state index is 13.6. The van der Waals surface area contributed by atoms with E-state index in [1.807, 2.05) is 34.2 Å². The zero-order valence-corrected chi connectivity index (χ0v) is 28.9. The van der Waals surface area contributed by atoms with Crippen LogP contribution in [0.4, 0.5) is 15.9 Å². The van der Waals surface area contributed by atoms with Crippen molar-refractivity contribution in [3.63, 3.8) is 0 Å². The summed E-state index contributed by atoms with van der Waals surface area (Å²) in [4.78, 5) is 52.4. The molecule has 1 aromatic carbocycles. The van der Waals surface area contributed by atoms with E-state index in [1.165, 1.54) is 12.2 Å². The van der Waals surface area contributed by atoms with Crippen LogP contribution in [0, 0.1) is 0 Å². The molecule has 0 unspecified atom stereocenters. The Balaban J connectivity index is 0.804. The van der Waals surface area contributed by atoms with Crippen molar-refractivity contribution < 1.29 is 37.7 Å². The van der Waals surface area contributed by atoms with Gasteiger partial charge in [0.05, 0.1) is 82.6 Å². The Labute approximate surface area is 294 Å². The maximum Gasteiger partial charge on any atom is 0.253 e. The van der Waals surface area contributed by atoms with E-state index in [4.69, 9.17) is 23.9 Å². The lowest BCUT2D eigenvalue weighted by Crippen LogP contribution is -2.49. The Morgan fingerprint density at radius 1 is 0.820 bits per heavy atom. The molecule has 0 spiro atoms. The summed E-state index contributed by atoms with van der Waals surface area (Å²) in [6.45, 7) is 7.15. The number of anilines is 2. The van der Waals surface area contributed by atoms with Gasteiger partial charge in [-0.2, -0.15) is 0 Å². The smallest absolute Gasteiger partial charge is 0.253 e. The SMILES string of the molecule is O=C(CCOCCOCCOCCOCCN1C(=O)C=CC1=O)N1CCN(c2ccc3nc(-c4ccc(N5CC[C@@H](F)C5)nc4)sc3c2)CC1. The number of nitrogens with zero attached hydrogens (tertiary/aromatic N) is 6. The number of halogens is 1. The van der Waals surface area contributed by atoms with Gasteiger partial charge in [0.15, 0.2) is 0 Å². The molecule has 0 aliphatic carbocycles. The number of pyridine rings is 1.